The Morgan fingerprint density at radius 1 is 1.19 bits per heavy atom. The van der Waals surface area contributed by atoms with Gasteiger partial charge in [-0.05, 0) is 42.7 Å². The highest BCUT2D eigenvalue weighted by Gasteiger charge is 2.38. The lowest BCUT2D eigenvalue weighted by Gasteiger charge is -2.38. The molecule has 0 saturated carbocycles. The van der Waals surface area contributed by atoms with E-state index >= 15 is 0 Å². The number of nitrogens with one attached hydrogen (secondary N) is 1. The van der Waals surface area contributed by atoms with Gasteiger partial charge in [0.15, 0.2) is 11.3 Å². The number of rotatable bonds is 1. The number of benzene rings is 1. The normalized spacial score (nSPS) is 17.9. The number of hydrogen-bond donors (Lipinski definition) is 1. The van der Waals surface area contributed by atoms with Crippen molar-refractivity contribution in [2.75, 3.05) is 31.2 Å². The molecule has 1 spiro atoms. The molecule has 32 heavy (non-hydrogen) atoms. The minimum Gasteiger partial charge on any atom is -0.381 e. The average molecular weight is 451 g/mol. The Kier molecular flexibility index (Phi) is 4.56. The molecule has 1 N–H and O–H groups in total. The maximum Gasteiger partial charge on any atom is 0.213 e. The van der Waals surface area contributed by atoms with Crippen molar-refractivity contribution in [3.8, 4) is 11.8 Å². The number of aromatic amines is 1. The number of anilines is 1. The van der Waals surface area contributed by atoms with Gasteiger partial charge >= 0.3 is 0 Å². The van der Waals surface area contributed by atoms with Gasteiger partial charge in [-0.25, -0.2) is 9.37 Å². The first-order valence-electron chi connectivity index (χ1n) is 10.6. The maximum absolute atomic E-state index is 14.1. The number of H-pyrrole nitrogens is 1. The predicted molar refractivity (Wildman–Crippen MR) is 119 cm³/mol. The fraction of sp³-hybridized carbons (Fsp3) is 0.348. The summed E-state index contributed by atoms with van der Waals surface area (Å²) in [5.41, 5.74) is 2.24. The van der Waals surface area contributed by atoms with Crippen LogP contribution in [-0.2, 0) is 4.74 Å². The van der Waals surface area contributed by atoms with E-state index in [1.54, 1.807) is 18.3 Å². The van der Waals surface area contributed by atoms with Crippen LogP contribution in [0.2, 0.25) is 5.02 Å². The summed E-state index contributed by atoms with van der Waals surface area (Å²) in [7, 11) is 0. The number of piperidine rings is 1. The van der Waals surface area contributed by atoms with Crippen LogP contribution in [0, 0.1) is 23.1 Å². The topological polar surface area (TPSA) is 71.3 Å². The highest BCUT2D eigenvalue weighted by Crippen LogP contribution is 2.40. The van der Waals surface area contributed by atoms with Crippen molar-refractivity contribution in [2.24, 2.45) is 5.41 Å². The fourth-order valence-electron chi connectivity index (χ4n) is 4.71. The van der Waals surface area contributed by atoms with Gasteiger partial charge in [0.25, 0.3) is 0 Å². The number of aromatic nitrogens is 5. The lowest BCUT2D eigenvalue weighted by molar-refractivity contribution is 0.133. The van der Waals surface area contributed by atoms with E-state index in [9.17, 15) is 4.39 Å². The lowest BCUT2D eigenvalue weighted by Crippen LogP contribution is -2.41. The molecule has 2 saturated heterocycles. The second-order valence-corrected chi connectivity index (χ2v) is 8.87. The molecule has 0 radical (unpaired) electrons. The summed E-state index contributed by atoms with van der Waals surface area (Å²) in [6, 6.07) is 4.49. The van der Waals surface area contributed by atoms with Crippen LogP contribution in [0.25, 0.3) is 16.7 Å². The standard InChI is InChI=1S/C23H20ClFN6O/c24-16-2-1-3-17(25)15(16)4-5-18-19-20(29-28-18)27-22(31-12-9-26-21(19)31)30-10-6-23(7-11-30)8-13-32-14-23/h1-3,9,12H,6-8,10-11,13-14H2,(H,28,29). The zero-order valence-corrected chi connectivity index (χ0v) is 18.0. The molecule has 0 bridgehead atoms. The van der Waals surface area contributed by atoms with Gasteiger partial charge in [0.1, 0.15) is 11.5 Å². The largest absolute Gasteiger partial charge is 0.381 e. The van der Waals surface area contributed by atoms with Gasteiger partial charge in [0, 0.05) is 32.1 Å². The van der Waals surface area contributed by atoms with E-state index in [1.807, 2.05) is 10.6 Å². The van der Waals surface area contributed by atoms with Crippen molar-refractivity contribution in [2.45, 2.75) is 19.3 Å². The summed E-state index contributed by atoms with van der Waals surface area (Å²) >= 11 is 6.10. The zero-order chi connectivity index (χ0) is 21.7. The summed E-state index contributed by atoms with van der Waals surface area (Å²) in [5, 5.41) is 8.27. The summed E-state index contributed by atoms with van der Waals surface area (Å²) in [4.78, 5) is 11.7. The third kappa shape index (κ3) is 3.12. The van der Waals surface area contributed by atoms with E-state index in [-0.39, 0.29) is 10.6 Å². The summed E-state index contributed by atoms with van der Waals surface area (Å²) in [6.07, 6.45) is 6.96. The van der Waals surface area contributed by atoms with Crippen LogP contribution in [-0.4, -0.2) is 50.9 Å². The average Bonchev–Trinajstić information content (AvgIpc) is 3.53. The minimum absolute atomic E-state index is 0.146. The Hall–Kier alpha value is -3.15. The van der Waals surface area contributed by atoms with Crippen LogP contribution in [0.4, 0.5) is 10.3 Å². The third-order valence-electron chi connectivity index (χ3n) is 6.60. The smallest absolute Gasteiger partial charge is 0.213 e. The number of nitrogens with zero attached hydrogens (tertiary/aromatic N) is 5. The van der Waals surface area contributed by atoms with Gasteiger partial charge in [-0.15, -0.1) is 0 Å². The van der Waals surface area contributed by atoms with Gasteiger partial charge in [-0.1, -0.05) is 23.6 Å². The summed E-state index contributed by atoms with van der Waals surface area (Å²) in [5.74, 6) is 6.12. The molecule has 4 aromatic rings. The van der Waals surface area contributed by atoms with Crippen LogP contribution in [0.1, 0.15) is 30.5 Å². The number of fused-ring (bicyclic) bond motifs is 3. The molecule has 162 valence electrons. The van der Waals surface area contributed by atoms with E-state index in [4.69, 9.17) is 21.3 Å². The Bertz CT molecular complexity index is 1360. The van der Waals surface area contributed by atoms with Crippen molar-refractivity contribution >= 4 is 34.2 Å². The molecule has 2 aliphatic rings. The van der Waals surface area contributed by atoms with E-state index in [1.165, 1.54) is 6.07 Å². The van der Waals surface area contributed by atoms with Gasteiger partial charge in [0.2, 0.25) is 5.95 Å². The Morgan fingerprint density at radius 3 is 2.84 bits per heavy atom. The predicted octanol–water partition coefficient (Wildman–Crippen LogP) is 3.80. The van der Waals surface area contributed by atoms with Crippen LogP contribution < -0.4 is 4.90 Å². The van der Waals surface area contributed by atoms with Crippen LogP contribution >= 0.6 is 11.6 Å². The monoisotopic (exact) mass is 450 g/mol. The molecule has 6 rings (SSSR count). The quantitative estimate of drug-likeness (QED) is 0.446. The van der Waals surface area contributed by atoms with Gasteiger partial charge < -0.3 is 9.64 Å². The first-order valence-corrected chi connectivity index (χ1v) is 11.0. The molecule has 0 aliphatic carbocycles. The molecular formula is C23H20ClFN6O. The molecule has 2 fully saturated rings. The van der Waals surface area contributed by atoms with Crippen molar-refractivity contribution in [3.05, 3.63) is 52.7 Å². The lowest BCUT2D eigenvalue weighted by atomic mass is 9.78. The van der Waals surface area contributed by atoms with Gasteiger partial charge in [-0.3, -0.25) is 9.50 Å². The zero-order valence-electron chi connectivity index (χ0n) is 17.2. The van der Waals surface area contributed by atoms with E-state index in [0.29, 0.717) is 27.8 Å². The van der Waals surface area contributed by atoms with Crippen LogP contribution in [0.3, 0.4) is 0 Å². The summed E-state index contributed by atoms with van der Waals surface area (Å²) in [6.45, 7) is 3.57. The first-order chi connectivity index (χ1) is 15.6. The van der Waals surface area contributed by atoms with Crippen LogP contribution in [0.15, 0.2) is 30.6 Å². The van der Waals surface area contributed by atoms with Gasteiger partial charge in [-0.2, -0.15) is 10.1 Å². The summed E-state index contributed by atoms with van der Waals surface area (Å²) < 4.78 is 21.7. The first kappa shape index (κ1) is 19.5. The molecule has 5 heterocycles. The third-order valence-corrected chi connectivity index (χ3v) is 6.91. The molecule has 0 amide bonds. The molecule has 1 aromatic carbocycles. The number of imidazole rings is 1. The van der Waals surface area contributed by atoms with E-state index in [0.717, 1.165) is 51.5 Å². The number of hydrogen-bond acceptors (Lipinski definition) is 5. The van der Waals surface area contributed by atoms with Gasteiger partial charge in [0.05, 0.1) is 22.6 Å². The maximum atomic E-state index is 14.1. The Labute approximate surface area is 188 Å². The Morgan fingerprint density at radius 2 is 2.06 bits per heavy atom. The van der Waals surface area contributed by atoms with Crippen molar-refractivity contribution < 1.29 is 9.13 Å². The second-order valence-electron chi connectivity index (χ2n) is 8.46. The molecule has 2 aliphatic heterocycles. The van der Waals surface area contributed by atoms with E-state index in [2.05, 4.69) is 31.9 Å². The van der Waals surface area contributed by atoms with Crippen LogP contribution in [0.5, 0.6) is 0 Å². The number of halogens is 2. The molecule has 0 unspecified atom stereocenters. The van der Waals surface area contributed by atoms with Crippen molar-refractivity contribution in [1.82, 2.24) is 24.6 Å². The van der Waals surface area contributed by atoms with E-state index < -0.39 is 5.82 Å². The van der Waals surface area contributed by atoms with Crippen molar-refractivity contribution in [1.29, 1.82) is 0 Å². The minimum atomic E-state index is -0.466. The molecule has 0 atom stereocenters. The highest BCUT2D eigenvalue weighted by molar-refractivity contribution is 6.31. The molecular weight excluding hydrogens is 431 g/mol. The molecule has 7 nitrogen and oxygen atoms in total. The number of ether oxygens (including phenoxy) is 1. The second kappa shape index (κ2) is 7.47. The SMILES string of the molecule is Fc1cccc(Cl)c1C#Cc1n[nH]c2nc(N3CCC4(CCOC4)CC3)n3ccnc3c12. The molecule has 9 heteroatoms. The Balaban J connectivity index is 1.39. The molecule has 3 aromatic heterocycles. The highest BCUT2D eigenvalue weighted by atomic mass is 35.5. The van der Waals surface area contributed by atoms with Crippen molar-refractivity contribution in [3.63, 3.8) is 0 Å². The fourth-order valence-corrected chi connectivity index (χ4v) is 4.92.